The largest absolute Gasteiger partial charge is 0.488 e. The van der Waals surface area contributed by atoms with Crippen LogP contribution in [0.2, 0.25) is 0 Å². The lowest BCUT2D eigenvalue weighted by molar-refractivity contribution is 0.0819. The van der Waals surface area contributed by atoms with Crippen molar-refractivity contribution in [2.75, 3.05) is 13.2 Å². The molecule has 0 saturated carbocycles. The molecule has 1 N–H and O–H groups in total. The zero-order valence-electron chi connectivity index (χ0n) is 10.2. The van der Waals surface area contributed by atoms with Crippen LogP contribution < -0.4 is 10.1 Å². The van der Waals surface area contributed by atoms with Crippen molar-refractivity contribution >= 4 is 0 Å². The Morgan fingerprint density at radius 3 is 2.35 bits per heavy atom. The van der Waals surface area contributed by atoms with Crippen molar-refractivity contribution < 1.29 is 13.5 Å². The number of rotatable bonds is 7. The Balaban J connectivity index is 2.34. The topological polar surface area (TPSA) is 21.3 Å². The number of halogens is 2. The summed E-state index contributed by atoms with van der Waals surface area (Å²) in [5, 5.41) is 3.31. The molecule has 1 rings (SSSR count). The highest BCUT2D eigenvalue weighted by Crippen LogP contribution is 2.13. The molecule has 0 aliphatic rings. The molecular formula is C13H19F2NO. The zero-order chi connectivity index (χ0) is 12.7. The van der Waals surface area contributed by atoms with Crippen molar-refractivity contribution in [3.05, 3.63) is 29.8 Å². The highest BCUT2D eigenvalue weighted by molar-refractivity contribution is 5.27. The summed E-state index contributed by atoms with van der Waals surface area (Å²) in [6.45, 7) is 5.49. The third kappa shape index (κ3) is 6.22. The molecule has 2 nitrogen and oxygen atoms in total. The third-order valence-corrected chi connectivity index (χ3v) is 2.18. The lowest BCUT2D eigenvalue weighted by Gasteiger charge is -2.09. The van der Waals surface area contributed by atoms with Gasteiger partial charge in [-0.25, -0.2) is 8.78 Å². The SMILES string of the molecule is CC(C)CNCc1ccc(OCC(F)F)cc1. The van der Waals surface area contributed by atoms with E-state index in [1.54, 1.807) is 12.1 Å². The number of hydrogen-bond acceptors (Lipinski definition) is 2. The fraction of sp³-hybridized carbons (Fsp3) is 0.538. The monoisotopic (exact) mass is 243 g/mol. The van der Waals surface area contributed by atoms with E-state index >= 15 is 0 Å². The fourth-order valence-corrected chi connectivity index (χ4v) is 1.37. The van der Waals surface area contributed by atoms with Crippen molar-refractivity contribution in [3.63, 3.8) is 0 Å². The van der Waals surface area contributed by atoms with Gasteiger partial charge in [-0.05, 0) is 30.2 Å². The summed E-state index contributed by atoms with van der Waals surface area (Å²) in [5.41, 5.74) is 1.12. The molecule has 4 heteroatoms. The van der Waals surface area contributed by atoms with Crippen LogP contribution in [0.5, 0.6) is 5.75 Å². The fourth-order valence-electron chi connectivity index (χ4n) is 1.37. The van der Waals surface area contributed by atoms with Crippen molar-refractivity contribution in [1.82, 2.24) is 5.32 Å². The maximum Gasteiger partial charge on any atom is 0.272 e. The number of nitrogens with one attached hydrogen (secondary N) is 1. The van der Waals surface area contributed by atoms with Gasteiger partial charge in [0.05, 0.1) is 0 Å². The van der Waals surface area contributed by atoms with Crippen LogP contribution in [-0.2, 0) is 6.54 Å². The number of hydrogen-bond donors (Lipinski definition) is 1. The minimum atomic E-state index is -2.43. The lowest BCUT2D eigenvalue weighted by Crippen LogP contribution is -2.18. The highest BCUT2D eigenvalue weighted by atomic mass is 19.3. The second-order valence-electron chi connectivity index (χ2n) is 4.37. The van der Waals surface area contributed by atoms with E-state index in [0.29, 0.717) is 11.7 Å². The summed E-state index contributed by atoms with van der Waals surface area (Å²) in [4.78, 5) is 0. The van der Waals surface area contributed by atoms with Gasteiger partial charge in [0.2, 0.25) is 0 Å². The van der Waals surface area contributed by atoms with Gasteiger partial charge in [0.15, 0.2) is 0 Å². The van der Waals surface area contributed by atoms with Gasteiger partial charge in [-0.2, -0.15) is 0 Å². The molecule has 0 aliphatic carbocycles. The van der Waals surface area contributed by atoms with Crippen molar-refractivity contribution in [3.8, 4) is 5.75 Å². The Bertz CT molecular complexity index is 312. The van der Waals surface area contributed by atoms with Crippen LogP contribution in [-0.4, -0.2) is 19.6 Å². The molecule has 1 aromatic carbocycles. The van der Waals surface area contributed by atoms with Crippen LogP contribution in [0.3, 0.4) is 0 Å². The van der Waals surface area contributed by atoms with E-state index in [1.807, 2.05) is 12.1 Å². The summed E-state index contributed by atoms with van der Waals surface area (Å²) in [5.74, 6) is 1.10. The molecule has 1 aromatic rings. The van der Waals surface area contributed by atoms with Crippen LogP contribution in [0.15, 0.2) is 24.3 Å². The van der Waals surface area contributed by atoms with Gasteiger partial charge in [0, 0.05) is 6.54 Å². The van der Waals surface area contributed by atoms with E-state index in [-0.39, 0.29) is 0 Å². The Hall–Kier alpha value is -1.16. The minimum Gasteiger partial charge on any atom is -0.488 e. The summed E-state index contributed by atoms with van der Waals surface area (Å²) >= 11 is 0. The molecule has 0 atom stereocenters. The predicted molar refractivity (Wildman–Crippen MR) is 64.5 cm³/mol. The van der Waals surface area contributed by atoms with Crippen LogP contribution in [0.1, 0.15) is 19.4 Å². The highest BCUT2D eigenvalue weighted by Gasteiger charge is 2.03. The van der Waals surface area contributed by atoms with Gasteiger partial charge < -0.3 is 10.1 Å². The normalized spacial score (nSPS) is 11.2. The molecule has 96 valence electrons. The average Bonchev–Trinajstić information content (AvgIpc) is 2.27. The molecular weight excluding hydrogens is 224 g/mol. The molecule has 0 radical (unpaired) electrons. The quantitative estimate of drug-likeness (QED) is 0.794. The first-order valence-corrected chi connectivity index (χ1v) is 5.78. The van der Waals surface area contributed by atoms with Crippen LogP contribution in [0.4, 0.5) is 8.78 Å². The van der Waals surface area contributed by atoms with Gasteiger partial charge in [0.1, 0.15) is 12.4 Å². The smallest absolute Gasteiger partial charge is 0.272 e. The minimum absolute atomic E-state index is 0.484. The van der Waals surface area contributed by atoms with E-state index in [9.17, 15) is 8.78 Å². The van der Waals surface area contributed by atoms with E-state index < -0.39 is 13.0 Å². The molecule has 0 aromatic heterocycles. The third-order valence-electron chi connectivity index (χ3n) is 2.18. The first-order valence-electron chi connectivity index (χ1n) is 5.78. The standard InChI is InChI=1S/C13H19F2NO/c1-10(2)7-16-8-11-3-5-12(6-4-11)17-9-13(14)15/h3-6,10,13,16H,7-9H2,1-2H3. The van der Waals surface area contributed by atoms with E-state index in [0.717, 1.165) is 18.7 Å². The van der Waals surface area contributed by atoms with Gasteiger partial charge >= 0.3 is 0 Å². The number of ether oxygens (including phenoxy) is 1. The summed E-state index contributed by atoms with van der Waals surface area (Å²) in [7, 11) is 0. The molecule has 0 saturated heterocycles. The second kappa shape index (κ2) is 7.22. The molecule has 0 aliphatic heterocycles. The van der Waals surface area contributed by atoms with Gasteiger partial charge in [-0.3, -0.25) is 0 Å². The van der Waals surface area contributed by atoms with E-state index in [2.05, 4.69) is 19.2 Å². The van der Waals surface area contributed by atoms with Crippen molar-refractivity contribution in [2.45, 2.75) is 26.8 Å². The zero-order valence-corrected chi connectivity index (χ0v) is 10.2. The molecule has 0 spiro atoms. The van der Waals surface area contributed by atoms with Crippen molar-refractivity contribution in [2.24, 2.45) is 5.92 Å². The maximum atomic E-state index is 11.9. The Morgan fingerprint density at radius 1 is 1.18 bits per heavy atom. The van der Waals surface area contributed by atoms with Gasteiger partial charge in [0.25, 0.3) is 6.43 Å². The Kier molecular flexibility index (Phi) is 5.91. The first kappa shape index (κ1) is 13.9. The van der Waals surface area contributed by atoms with E-state index in [1.165, 1.54) is 0 Å². The number of benzene rings is 1. The summed E-state index contributed by atoms with van der Waals surface area (Å²) in [6.07, 6.45) is -2.43. The molecule has 17 heavy (non-hydrogen) atoms. The molecule has 0 amide bonds. The number of alkyl halides is 2. The van der Waals surface area contributed by atoms with Gasteiger partial charge in [-0.15, -0.1) is 0 Å². The predicted octanol–water partition coefficient (Wildman–Crippen LogP) is 3.08. The molecule has 0 unspecified atom stereocenters. The van der Waals surface area contributed by atoms with E-state index in [4.69, 9.17) is 4.74 Å². The summed E-state index contributed by atoms with van der Waals surface area (Å²) in [6, 6.07) is 7.20. The lowest BCUT2D eigenvalue weighted by atomic mass is 10.2. The Morgan fingerprint density at radius 2 is 1.82 bits per heavy atom. The average molecular weight is 243 g/mol. The van der Waals surface area contributed by atoms with Gasteiger partial charge in [-0.1, -0.05) is 26.0 Å². The second-order valence-corrected chi connectivity index (χ2v) is 4.37. The Labute approximate surface area is 101 Å². The van der Waals surface area contributed by atoms with Crippen LogP contribution >= 0.6 is 0 Å². The van der Waals surface area contributed by atoms with Crippen LogP contribution in [0.25, 0.3) is 0 Å². The first-order chi connectivity index (χ1) is 8.08. The summed E-state index contributed by atoms with van der Waals surface area (Å²) < 4.78 is 28.7. The molecule has 0 heterocycles. The van der Waals surface area contributed by atoms with Crippen LogP contribution in [0, 0.1) is 5.92 Å². The molecule has 0 bridgehead atoms. The molecule has 0 fully saturated rings. The van der Waals surface area contributed by atoms with Crippen molar-refractivity contribution in [1.29, 1.82) is 0 Å². The maximum absolute atomic E-state index is 11.9.